The van der Waals surface area contributed by atoms with Gasteiger partial charge in [0, 0.05) is 4.47 Å². The Bertz CT molecular complexity index is 509. The minimum atomic E-state index is -0.0462. The number of halogens is 1. The molecule has 1 aliphatic carbocycles. The highest BCUT2D eigenvalue weighted by molar-refractivity contribution is 9.10. The molecule has 2 amide bonds. The number of carbonyl (C=O) groups excluding carboxylic acids is 2. The smallest absolute Gasteiger partial charge is 0.237 e. The zero-order valence-electron chi connectivity index (χ0n) is 9.66. The largest absolute Gasteiger partial charge is 0.274 e. The predicted octanol–water partition coefficient (Wildman–Crippen LogP) is 2.58. The zero-order valence-corrected chi connectivity index (χ0v) is 11.2. The van der Waals surface area contributed by atoms with Crippen molar-refractivity contribution in [1.29, 1.82) is 0 Å². The lowest BCUT2D eigenvalue weighted by Gasteiger charge is -2.20. The Kier molecular flexibility index (Phi) is 2.20. The summed E-state index contributed by atoms with van der Waals surface area (Å²) in [6.45, 7) is 3.92. The Morgan fingerprint density at radius 2 is 1.76 bits per heavy atom. The number of hydrogen-bond donors (Lipinski definition) is 0. The molecule has 2 unspecified atom stereocenters. The van der Waals surface area contributed by atoms with Crippen LogP contribution < -0.4 is 4.90 Å². The van der Waals surface area contributed by atoms with Gasteiger partial charge < -0.3 is 0 Å². The summed E-state index contributed by atoms with van der Waals surface area (Å²) in [5, 5.41) is 0. The van der Waals surface area contributed by atoms with Crippen molar-refractivity contribution in [2.24, 2.45) is 11.8 Å². The molecule has 2 fully saturated rings. The lowest BCUT2D eigenvalue weighted by Crippen LogP contribution is -2.33. The van der Waals surface area contributed by atoms with E-state index in [1.54, 1.807) is 0 Å². The van der Waals surface area contributed by atoms with E-state index >= 15 is 0 Å². The molecule has 0 aromatic heterocycles. The molecule has 0 spiro atoms. The molecule has 1 saturated carbocycles. The number of piperidine rings is 1. The summed E-state index contributed by atoms with van der Waals surface area (Å²) in [6, 6.07) is 3.93. The first-order valence-corrected chi connectivity index (χ1v) is 6.44. The highest BCUT2D eigenvalue weighted by Gasteiger charge is 2.59. The van der Waals surface area contributed by atoms with Gasteiger partial charge in [-0.3, -0.25) is 9.59 Å². The van der Waals surface area contributed by atoms with Crippen molar-refractivity contribution in [2.75, 3.05) is 4.90 Å². The summed E-state index contributed by atoms with van der Waals surface area (Å²) >= 11 is 3.45. The van der Waals surface area contributed by atoms with Crippen molar-refractivity contribution in [2.45, 2.75) is 20.3 Å². The van der Waals surface area contributed by atoms with Crippen LogP contribution in [-0.2, 0) is 9.59 Å². The first kappa shape index (κ1) is 11.0. The minimum absolute atomic E-state index is 0.0346. The Balaban J connectivity index is 2.11. The van der Waals surface area contributed by atoms with Crippen molar-refractivity contribution in [1.82, 2.24) is 0 Å². The van der Waals surface area contributed by atoms with Crippen LogP contribution in [0.1, 0.15) is 17.5 Å². The first-order chi connectivity index (χ1) is 8.00. The molecule has 4 heteroatoms. The molecule has 1 aromatic carbocycles. The van der Waals surface area contributed by atoms with E-state index in [2.05, 4.69) is 15.9 Å². The number of fused-ring (bicyclic) bond motifs is 1. The van der Waals surface area contributed by atoms with E-state index in [0.29, 0.717) is 0 Å². The van der Waals surface area contributed by atoms with Gasteiger partial charge >= 0.3 is 0 Å². The van der Waals surface area contributed by atoms with Crippen LogP contribution in [0.3, 0.4) is 0 Å². The highest BCUT2D eigenvalue weighted by Crippen LogP contribution is 2.50. The highest BCUT2D eigenvalue weighted by atomic mass is 79.9. The average Bonchev–Trinajstić information content (AvgIpc) is 2.96. The fraction of sp³-hybridized carbons (Fsp3) is 0.385. The Hall–Kier alpha value is -1.16. The molecule has 1 aromatic rings. The van der Waals surface area contributed by atoms with E-state index in [1.165, 1.54) is 4.90 Å². The quantitative estimate of drug-likeness (QED) is 0.747. The maximum atomic E-state index is 12.0. The van der Waals surface area contributed by atoms with Crippen molar-refractivity contribution < 1.29 is 9.59 Å². The molecule has 88 valence electrons. The number of hydrogen-bond acceptors (Lipinski definition) is 2. The van der Waals surface area contributed by atoms with Gasteiger partial charge in [-0.1, -0.05) is 6.07 Å². The van der Waals surface area contributed by atoms with E-state index in [9.17, 15) is 9.59 Å². The molecule has 2 atom stereocenters. The van der Waals surface area contributed by atoms with E-state index < -0.39 is 0 Å². The van der Waals surface area contributed by atoms with E-state index in [4.69, 9.17) is 0 Å². The summed E-state index contributed by atoms with van der Waals surface area (Å²) in [6.07, 6.45) is 0.747. The Labute approximate surface area is 108 Å². The number of anilines is 1. The predicted molar refractivity (Wildman–Crippen MR) is 67.7 cm³/mol. The number of aryl methyl sites for hydroxylation is 2. The van der Waals surface area contributed by atoms with Crippen LogP contribution in [0.5, 0.6) is 0 Å². The second-order valence-corrected chi connectivity index (χ2v) is 5.73. The van der Waals surface area contributed by atoms with Crippen molar-refractivity contribution in [3.8, 4) is 0 Å². The average molecular weight is 294 g/mol. The maximum absolute atomic E-state index is 12.0. The second kappa shape index (κ2) is 3.42. The topological polar surface area (TPSA) is 37.4 Å². The van der Waals surface area contributed by atoms with Crippen LogP contribution in [0.25, 0.3) is 0 Å². The van der Waals surface area contributed by atoms with Crippen LogP contribution in [0, 0.1) is 25.7 Å². The lowest BCUT2D eigenvalue weighted by atomic mass is 10.1. The number of imide groups is 1. The van der Waals surface area contributed by atoms with Crippen molar-refractivity contribution >= 4 is 33.4 Å². The molecule has 3 nitrogen and oxygen atoms in total. The molecule has 3 rings (SSSR count). The summed E-state index contributed by atoms with van der Waals surface area (Å²) in [5.74, 6) is -0.162. The van der Waals surface area contributed by atoms with Crippen molar-refractivity contribution in [3.05, 3.63) is 27.7 Å². The molecular formula is C13H12BrNO2. The van der Waals surface area contributed by atoms with Gasteiger partial charge in [-0.25, -0.2) is 4.90 Å². The van der Waals surface area contributed by atoms with Crippen LogP contribution >= 0.6 is 15.9 Å². The SMILES string of the molecule is Cc1cc(C)c(N2C(=O)C3CC3C2=O)c(Br)c1. The lowest BCUT2D eigenvalue weighted by molar-refractivity contribution is -0.123. The fourth-order valence-corrected chi connectivity index (χ4v) is 3.44. The van der Waals surface area contributed by atoms with Gasteiger partial charge in [0.05, 0.1) is 17.5 Å². The van der Waals surface area contributed by atoms with Crippen molar-refractivity contribution in [3.63, 3.8) is 0 Å². The second-order valence-electron chi connectivity index (χ2n) is 4.87. The molecule has 0 N–H and O–H groups in total. The third kappa shape index (κ3) is 1.47. The monoisotopic (exact) mass is 293 g/mol. The molecule has 0 radical (unpaired) electrons. The summed E-state index contributed by atoms with van der Waals surface area (Å²) in [7, 11) is 0. The minimum Gasteiger partial charge on any atom is -0.274 e. The first-order valence-electron chi connectivity index (χ1n) is 5.65. The van der Waals surface area contributed by atoms with Gasteiger partial charge in [0.2, 0.25) is 11.8 Å². The third-order valence-corrected chi connectivity index (χ3v) is 4.09. The maximum Gasteiger partial charge on any atom is 0.237 e. The van der Waals surface area contributed by atoms with Gasteiger partial charge in [-0.2, -0.15) is 0 Å². The van der Waals surface area contributed by atoms with Crippen LogP contribution in [-0.4, -0.2) is 11.8 Å². The molecule has 1 aliphatic heterocycles. The standard InChI is InChI=1S/C13H12BrNO2/c1-6-3-7(2)11(10(14)4-6)15-12(16)8-5-9(8)13(15)17/h3-4,8-9H,5H2,1-2H3. The number of carbonyl (C=O) groups is 2. The van der Waals surface area contributed by atoms with Gasteiger partial charge in [-0.05, 0) is 53.4 Å². The molecule has 1 saturated heterocycles. The van der Waals surface area contributed by atoms with E-state index in [0.717, 1.165) is 27.7 Å². The number of rotatable bonds is 1. The van der Waals surface area contributed by atoms with Gasteiger partial charge in [0.1, 0.15) is 0 Å². The molecule has 17 heavy (non-hydrogen) atoms. The Morgan fingerprint density at radius 3 is 2.29 bits per heavy atom. The van der Waals surface area contributed by atoms with Gasteiger partial charge in [0.15, 0.2) is 0 Å². The number of amides is 2. The molecular weight excluding hydrogens is 282 g/mol. The summed E-state index contributed by atoms with van der Waals surface area (Å²) < 4.78 is 0.818. The van der Waals surface area contributed by atoms with Crippen LogP contribution in [0.15, 0.2) is 16.6 Å². The molecule has 2 aliphatic rings. The third-order valence-electron chi connectivity index (χ3n) is 3.49. The number of benzene rings is 1. The van der Waals surface area contributed by atoms with E-state index in [1.807, 2.05) is 26.0 Å². The van der Waals surface area contributed by atoms with Gasteiger partial charge in [-0.15, -0.1) is 0 Å². The van der Waals surface area contributed by atoms with Crippen LogP contribution in [0.4, 0.5) is 5.69 Å². The van der Waals surface area contributed by atoms with Gasteiger partial charge in [0.25, 0.3) is 0 Å². The molecule has 0 bridgehead atoms. The van der Waals surface area contributed by atoms with E-state index in [-0.39, 0.29) is 23.7 Å². The summed E-state index contributed by atoms with van der Waals surface area (Å²) in [5.41, 5.74) is 2.79. The Morgan fingerprint density at radius 1 is 1.18 bits per heavy atom. The fourth-order valence-electron chi connectivity index (χ4n) is 2.59. The summed E-state index contributed by atoms with van der Waals surface area (Å²) in [4.78, 5) is 25.4. The zero-order chi connectivity index (χ0) is 12.3. The molecule has 1 heterocycles. The normalized spacial score (nSPS) is 26.4. The van der Waals surface area contributed by atoms with Crippen LogP contribution in [0.2, 0.25) is 0 Å². The number of nitrogens with zero attached hydrogens (tertiary/aromatic N) is 1.